The molecular formula is C16H17ClN2O2S. The molecule has 0 spiro atoms. The molecule has 1 aliphatic rings. The van der Waals surface area contributed by atoms with Gasteiger partial charge in [-0.05, 0) is 31.5 Å². The van der Waals surface area contributed by atoms with Crippen molar-refractivity contribution in [3.63, 3.8) is 0 Å². The van der Waals surface area contributed by atoms with Crippen LogP contribution in [0.2, 0.25) is 5.02 Å². The number of esters is 1. The lowest BCUT2D eigenvalue weighted by atomic mass is 9.71. The fourth-order valence-corrected chi connectivity index (χ4v) is 3.41. The first-order valence-electron chi connectivity index (χ1n) is 7.11. The van der Waals surface area contributed by atoms with Crippen LogP contribution < -0.4 is 5.32 Å². The third-order valence-corrected chi connectivity index (χ3v) is 4.51. The number of piperidine rings is 1. The summed E-state index contributed by atoms with van der Waals surface area (Å²) in [7, 11) is 0. The number of carbonyl (C=O) groups excluding carboxylic acids is 1. The van der Waals surface area contributed by atoms with Crippen LogP contribution in [0.1, 0.15) is 25.3 Å². The smallest absolute Gasteiger partial charge is 0.311 e. The van der Waals surface area contributed by atoms with Crippen LogP contribution in [0, 0.1) is 23.2 Å². The van der Waals surface area contributed by atoms with Gasteiger partial charge in [0.25, 0.3) is 0 Å². The number of hydrogen-bond donors (Lipinski definition) is 1. The maximum Gasteiger partial charge on any atom is 0.311 e. The predicted octanol–water partition coefficient (Wildman–Crippen LogP) is 3.06. The SMILES string of the molecule is CCOC(=O)C1C(C)NC(=S)C(C#N)C1c1ccc(Cl)cc1. The summed E-state index contributed by atoms with van der Waals surface area (Å²) >= 11 is 11.2. The Labute approximate surface area is 140 Å². The second-order valence-corrected chi connectivity index (χ2v) is 6.14. The number of nitriles is 1. The molecule has 1 heterocycles. The van der Waals surface area contributed by atoms with Crippen molar-refractivity contribution >= 4 is 34.8 Å². The van der Waals surface area contributed by atoms with Crippen molar-refractivity contribution in [1.29, 1.82) is 5.26 Å². The number of thiocarbonyl (C=S) groups is 1. The number of ether oxygens (including phenoxy) is 1. The van der Waals surface area contributed by atoms with Crippen LogP contribution in [0.25, 0.3) is 0 Å². The molecule has 4 unspecified atom stereocenters. The van der Waals surface area contributed by atoms with Crippen LogP contribution in [0.5, 0.6) is 0 Å². The van der Waals surface area contributed by atoms with Gasteiger partial charge in [-0.1, -0.05) is 36.0 Å². The molecule has 1 fully saturated rings. The molecular weight excluding hydrogens is 320 g/mol. The molecule has 0 aromatic heterocycles. The minimum atomic E-state index is -0.568. The lowest BCUT2D eigenvalue weighted by Gasteiger charge is -2.39. The van der Waals surface area contributed by atoms with Gasteiger partial charge in [0.2, 0.25) is 0 Å². The summed E-state index contributed by atoms with van der Waals surface area (Å²) < 4.78 is 5.20. The first-order valence-corrected chi connectivity index (χ1v) is 7.90. The number of nitrogens with zero attached hydrogens (tertiary/aromatic N) is 1. The largest absolute Gasteiger partial charge is 0.466 e. The van der Waals surface area contributed by atoms with Crippen LogP contribution in [0.3, 0.4) is 0 Å². The van der Waals surface area contributed by atoms with Gasteiger partial charge in [0, 0.05) is 17.0 Å². The molecule has 6 heteroatoms. The fraction of sp³-hybridized carbons (Fsp3) is 0.438. The highest BCUT2D eigenvalue weighted by Crippen LogP contribution is 2.39. The Balaban J connectivity index is 2.47. The Morgan fingerprint density at radius 3 is 2.64 bits per heavy atom. The van der Waals surface area contributed by atoms with Crippen molar-refractivity contribution < 1.29 is 9.53 Å². The molecule has 1 saturated heterocycles. The zero-order valence-electron chi connectivity index (χ0n) is 12.4. The molecule has 4 atom stereocenters. The van der Waals surface area contributed by atoms with Crippen molar-refractivity contribution in [2.75, 3.05) is 6.61 Å². The molecule has 0 aliphatic carbocycles. The third-order valence-electron chi connectivity index (χ3n) is 3.89. The molecule has 1 aromatic carbocycles. The van der Waals surface area contributed by atoms with E-state index in [2.05, 4.69) is 11.4 Å². The highest BCUT2D eigenvalue weighted by atomic mass is 35.5. The van der Waals surface area contributed by atoms with E-state index >= 15 is 0 Å². The highest BCUT2D eigenvalue weighted by molar-refractivity contribution is 7.80. The number of benzene rings is 1. The minimum Gasteiger partial charge on any atom is -0.466 e. The third kappa shape index (κ3) is 3.23. The molecule has 1 aliphatic heterocycles. The van der Waals surface area contributed by atoms with Crippen LogP contribution in [0.4, 0.5) is 0 Å². The Kier molecular flexibility index (Phi) is 5.38. The van der Waals surface area contributed by atoms with E-state index in [1.807, 2.05) is 19.1 Å². The van der Waals surface area contributed by atoms with Crippen LogP contribution in [-0.4, -0.2) is 23.6 Å². The van der Waals surface area contributed by atoms with E-state index in [4.69, 9.17) is 28.6 Å². The van der Waals surface area contributed by atoms with E-state index in [1.165, 1.54) is 0 Å². The van der Waals surface area contributed by atoms with Crippen molar-refractivity contribution in [3.8, 4) is 6.07 Å². The zero-order valence-corrected chi connectivity index (χ0v) is 13.9. The molecule has 2 rings (SSSR count). The molecule has 1 aromatic rings. The Hall–Kier alpha value is -1.64. The maximum atomic E-state index is 12.4. The van der Waals surface area contributed by atoms with Crippen molar-refractivity contribution in [3.05, 3.63) is 34.9 Å². The Morgan fingerprint density at radius 2 is 2.09 bits per heavy atom. The first-order chi connectivity index (χ1) is 10.5. The molecule has 0 bridgehead atoms. The summed E-state index contributed by atoms with van der Waals surface area (Å²) in [6.45, 7) is 3.95. The summed E-state index contributed by atoms with van der Waals surface area (Å²) in [5, 5.41) is 13.2. The highest BCUT2D eigenvalue weighted by Gasteiger charge is 2.46. The number of carbonyl (C=O) groups is 1. The van der Waals surface area contributed by atoms with Gasteiger partial charge in [-0.2, -0.15) is 5.26 Å². The van der Waals surface area contributed by atoms with Gasteiger partial charge in [-0.25, -0.2) is 0 Å². The molecule has 0 amide bonds. The topological polar surface area (TPSA) is 62.1 Å². The standard InChI is InChI=1S/C16H17ClN2O2S/c1-3-21-16(20)13-9(2)19-15(22)12(8-18)14(13)10-4-6-11(17)7-5-10/h4-7,9,12-14H,3H2,1-2H3,(H,19,22). The number of hydrogen-bond acceptors (Lipinski definition) is 4. The van der Waals surface area contributed by atoms with Gasteiger partial charge in [0.1, 0.15) is 5.92 Å². The molecule has 22 heavy (non-hydrogen) atoms. The van der Waals surface area contributed by atoms with E-state index in [0.717, 1.165) is 5.56 Å². The number of nitrogens with one attached hydrogen (secondary N) is 1. The summed E-state index contributed by atoms with van der Waals surface area (Å²) in [6.07, 6.45) is 0. The Bertz CT molecular complexity index is 612. The van der Waals surface area contributed by atoms with Gasteiger partial charge >= 0.3 is 5.97 Å². The lowest BCUT2D eigenvalue weighted by Crippen LogP contribution is -2.54. The second-order valence-electron chi connectivity index (χ2n) is 5.26. The molecule has 0 radical (unpaired) electrons. The molecule has 1 N–H and O–H groups in total. The van der Waals surface area contributed by atoms with E-state index < -0.39 is 11.8 Å². The van der Waals surface area contributed by atoms with E-state index in [9.17, 15) is 10.1 Å². The van der Waals surface area contributed by atoms with Gasteiger partial charge in [-0.3, -0.25) is 4.79 Å². The van der Waals surface area contributed by atoms with Crippen LogP contribution in [-0.2, 0) is 9.53 Å². The average Bonchev–Trinajstić information content (AvgIpc) is 2.47. The molecule has 4 nitrogen and oxygen atoms in total. The average molecular weight is 337 g/mol. The quantitative estimate of drug-likeness (QED) is 0.679. The summed E-state index contributed by atoms with van der Waals surface area (Å²) in [4.78, 5) is 12.9. The number of halogens is 1. The molecule has 116 valence electrons. The maximum absolute atomic E-state index is 12.4. The molecule has 0 saturated carbocycles. The Morgan fingerprint density at radius 1 is 1.45 bits per heavy atom. The van der Waals surface area contributed by atoms with E-state index in [1.54, 1.807) is 19.1 Å². The van der Waals surface area contributed by atoms with Crippen molar-refractivity contribution in [1.82, 2.24) is 5.32 Å². The van der Waals surface area contributed by atoms with Crippen molar-refractivity contribution in [2.45, 2.75) is 25.8 Å². The van der Waals surface area contributed by atoms with Crippen LogP contribution in [0.15, 0.2) is 24.3 Å². The summed E-state index contributed by atoms with van der Waals surface area (Å²) in [5.74, 6) is -1.70. The number of rotatable bonds is 3. The van der Waals surface area contributed by atoms with Gasteiger partial charge in [0.05, 0.1) is 23.6 Å². The monoisotopic (exact) mass is 336 g/mol. The van der Waals surface area contributed by atoms with Crippen LogP contribution >= 0.6 is 23.8 Å². The van der Waals surface area contributed by atoms with E-state index in [0.29, 0.717) is 16.6 Å². The van der Waals surface area contributed by atoms with Gasteiger partial charge < -0.3 is 10.1 Å². The predicted molar refractivity (Wildman–Crippen MR) is 88.6 cm³/mol. The normalized spacial score (nSPS) is 27.6. The van der Waals surface area contributed by atoms with Gasteiger partial charge in [-0.15, -0.1) is 0 Å². The summed E-state index contributed by atoms with van der Waals surface area (Å²) in [5.41, 5.74) is 0.865. The van der Waals surface area contributed by atoms with Gasteiger partial charge in [0.15, 0.2) is 0 Å². The van der Waals surface area contributed by atoms with Crippen molar-refractivity contribution in [2.24, 2.45) is 11.8 Å². The fourth-order valence-electron chi connectivity index (χ4n) is 2.90. The lowest BCUT2D eigenvalue weighted by molar-refractivity contribution is -0.150. The first kappa shape index (κ1) is 16.7. The minimum absolute atomic E-state index is 0.197. The second kappa shape index (κ2) is 7.08. The zero-order chi connectivity index (χ0) is 16.3. The van der Waals surface area contributed by atoms with E-state index in [-0.39, 0.29) is 17.9 Å². The summed E-state index contributed by atoms with van der Waals surface area (Å²) in [6, 6.07) is 9.20.